The lowest BCUT2D eigenvalue weighted by atomic mass is 9.94. The van der Waals surface area contributed by atoms with Gasteiger partial charge in [-0.15, -0.1) is 0 Å². The van der Waals surface area contributed by atoms with Gasteiger partial charge in [0.2, 0.25) is 0 Å². The highest BCUT2D eigenvalue weighted by molar-refractivity contribution is 6.42. The summed E-state index contributed by atoms with van der Waals surface area (Å²) in [4.78, 5) is 0. The molecule has 0 saturated carbocycles. The van der Waals surface area contributed by atoms with E-state index in [2.05, 4.69) is 6.07 Å². The number of nitrogen functional groups attached to an aromatic ring is 1. The second-order valence-electron chi connectivity index (χ2n) is 4.99. The van der Waals surface area contributed by atoms with E-state index in [9.17, 15) is 0 Å². The van der Waals surface area contributed by atoms with Crippen LogP contribution in [0.5, 0.6) is 11.5 Å². The molecule has 2 aromatic rings. The van der Waals surface area contributed by atoms with Crippen LogP contribution >= 0.6 is 23.2 Å². The van der Waals surface area contributed by atoms with Crippen LogP contribution in [0.25, 0.3) is 0 Å². The molecule has 0 aliphatic carbocycles. The quantitative estimate of drug-likeness (QED) is 0.844. The summed E-state index contributed by atoms with van der Waals surface area (Å²) in [5.41, 5.74) is 7.57. The van der Waals surface area contributed by atoms with Gasteiger partial charge >= 0.3 is 0 Å². The molecule has 0 spiro atoms. The van der Waals surface area contributed by atoms with E-state index >= 15 is 0 Å². The Morgan fingerprint density at radius 2 is 1.95 bits per heavy atom. The van der Waals surface area contributed by atoms with E-state index in [-0.39, 0.29) is 5.92 Å². The first-order valence-corrected chi connectivity index (χ1v) is 7.50. The molecule has 0 radical (unpaired) electrons. The number of nitrogens with two attached hydrogens (primary N) is 1. The fourth-order valence-corrected chi connectivity index (χ4v) is 2.77. The minimum atomic E-state index is 0.281. The number of anilines is 1. The molecule has 5 heteroatoms. The highest BCUT2D eigenvalue weighted by Gasteiger charge is 2.22. The number of fused-ring (bicyclic) bond motifs is 1. The zero-order valence-corrected chi connectivity index (χ0v) is 12.8. The van der Waals surface area contributed by atoms with Crippen LogP contribution in [0.3, 0.4) is 0 Å². The number of hydrogen-bond acceptors (Lipinski definition) is 3. The molecule has 2 aromatic carbocycles. The summed E-state index contributed by atoms with van der Waals surface area (Å²) >= 11 is 11.9. The van der Waals surface area contributed by atoms with Crippen LogP contribution in [0, 0.1) is 0 Å². The molecule has 2 N–H and O–H groups in total. The van der Waals surface area contributed by atoms with Gasteiger partial charge in [0.1, 0.15) is 11.5 Å². The van der Waals surface area contributed by atoms with E-state index in [1.54, 1.807) is 12.1 Å². The second kappa shape index (κ2) is 6.04. The van der Waals surface area contributed by atoms with Crippen molar-refractivity contribution in [2.75, 3.05) is 18.9 Å². The monoisotopic (exact) mass is 323 g/mol. The molecule has 0 bridgehead atoms. The molecule has 1 unspecified atom stereocenters. The van der Waals surface area contributed by atoms with Crippen LogP contribution in [0.2, 0.25) is 10.0 Å². The molecule has 110 valence electrons. The van der Waals surface area contributed by atoms with Gasteiger partial charge in [0.15, 0.2) is 0 Å². The average Bonchev–Trinajstić information content (AvgIpc) is 2.49. The lowest BCUT2D eigenvalue weighted by Crippen LogP contribution is -2.19. The summed E-state index contributed by atoms with van der Waals surface area (Å²) in [6.07, 6.45) is 0.915. The Bertz CT molecular complexity index is 661. The molecule has 21 heavy (non-hydrogen) atoms. The molecule has 1 aliphatic rings. The van der Waals surface area contributed by atoms with Gasteiger partial charge in [0, 0.05) is 17.5 Å². The van der Waals surface area contributed by atoms with Crippen molar-refractivity contribution in [1.82, 2.24) is 0 Å². The van der Waals surface area contributed by atoms with Gasteiger partial charge in [0.25, 0.3) is 0 Å². The standard InChI is InChI=1S/C16H15Cl2NO2/c17-12-7-14(19)16(8-13(12)18)21-9-10-5-6-20-15-4-2-1-3-11(10)15/h1-4,7-8,10H,5-6,9,19H2. The number of halogens is 2. The van der Waals surface area contributed by atoms with E-state index in [1.807, 2.05) is 18.2 Å². The zero-order valence-electron chi connectivity index (χ0n) is 11.3. The van der Waals surface area contributed by atoms with Crippen molar-refractivity contribution in [2.24, 2.45) is 0 Å². The Hall–Kier alpha value is -1.58. The van der Waals surface area contributed by atoms with E-state index < -0.39 is 0 Å². The summed E-state index contributed by atoms with van der Waals surface area (Å²) in [5, 5.41) is 0.867. The van der Waals surface area contributed by atoms with Gasteiger partial charge in [-0.25, -0.2) is 0 Å². The Balaban J connectivity index is 1.76. The predicted molar refractivity (Wildman–Crippen MR) is 85.7 cm³/mol. The predicted octanol–water partition coefficient (Wildman–Crippen LogP) is 4.52. The van der Waals surface area contributed by atoms with Crippen molar-refractivity contribution in [3.8, 4) is 11.5 Å². The first-order valence-electron chi connectivity index (χ1n) is 6.74. The number of hydrogen-bond donors (Lipinski definition) is 1. The summed E-state index contributed by atoms with van der Waals surface area (Å²) in [5.74, 6) is 1.77. The first-order chi connectivity index (χ1) is 10.1. The Morgan fingerprint density at radius 1 is 1.19 bits per heavy atom. The van der Waals surface area contributed by atoms with Crippen molar-refractivity contribution in [1.29, 1.82) is 0 Å². The van der Waals surface area contributed by atoms with E-state index in [4.69, 9.17) is 38.4 Å². The van der Waals surface area contributed by atoms with Gasteiger partial charge in [0.05, 0.1) is 28.9 Å². The molecule has 3 nitrogen and oxygen atoms in total. The van der Waals surface area contributed by atoms with Gasteiger partial charge in [-0.1, -0.05) is 41.4 Å². The first kappa shape index (κ1) is 14.4. The van der Waals surface area contributed by atoms with Gasteiger partial charge in [-0.3, -0.25) is 0 Å². The van der Waals surface area contributed by atoms with Crippen LogP contribution < -0.4 is 15.2 Å². The maximum Gasteiger partial charge on any atom is 0.143 e. The van der Waals surface area contributed by atoms with Crippen molar-refractivity contribution in [3.63, 3.8) is 0 Å². The Morgan fingerprint density at radius 3 is 2.81 bits per heavy atom. The molecule has 0 aromatic heterocycles. The van der Waals surface area contributed by atoms with Crippen molar-refractivity contribution < 1.29 is 9.47 Å². The number of ether oxygens (including phenoxy) is 2. The normalized spacial score (nSPS) is 17.0. The third kappa shape index (κ3) is 3.04. The number of benzene rings is 2. The Kier molecular flexibility index (Phi) is 4.13. The third-order valence-electron chi connectivity index (χ3n) is 3.58. The SMILES string of the molecule is Nc1cc(Cl)c(Cl)cc1OCC1CCOc2ccccc21. The molecule has 3 rings (SSSR count). The molecular formula is C16H15Cl2NO2. The largest absolute Gasteiger partial charge is 0.493 e. The summed E-state index contributed by atoms with van der Waals surface area (Å²) in [6.45, 7) is 1.23. The fraction of sp³-hybridized carbons (Fsp3) is 0.250. The van der Waals surface area contributed by atoms with Crippen LogP contribution in [0.15, 0.2) is 36.4 Å². The van der Waals surface area contributed by atoms with Crippen molar-refractivity contribution in [2.45, 2.75) is 12.3 Å². The van der Waals surface area contributed by atoms with Gasteiger partial charge in [-0.2, -0.15) is 0 Å². The fourth-order valence-electron chi connectivity index (χ4n) is 2.45. The van der Waals surface area contributed by atoms with Crippen LogP contribution in [0.4, 0.5) is 5.69 Å². The van der Waals surface area contributed by atoms with Gasteiger partial charge < -0.3 is 15.2 Å². The van der Waals surface area contributed by atoms with Crippen LogP contribution in [-0.4, -0.2) is 13.2 Å². The van der Waals surface area contributed by atoms with E-state index in [1.165, 1.54) is 5.56 Å². The maximum absolute atomic E-state index is 6.00. The summed E-state index contributed by atoms with van der Waals surface area (Å²) in [7, 11) is 0. The topological polar surface area (TPSA) is 44.5 Å². The lowest BCUT2D eigenvalue weighted by Gasteiger charge is -2.26. The Labute approximate surface area is 133 Å². The molecule has 1 atom stereocenters. The molecule has 1 heterocycles. The molecule has 0 amide bonds. The number of rotatable bonds is 3. The van der Waals surface area contributed by atoms with Crippen molar-refractivity contribution >= 4 is 28.9 Å². The molecular weight excluding hydrogens is 309 g/mol. The minimum absolute atomic E-state index is 0.281. The highest BCUT2D eigenvalue weighted by Crippen LogP contribution is 2.36. The minimum Gasteiger partial charge on any atom is -0.493 e. The van der Waals surface area contributed by atoms with Crippen LogP contribution in [-0.2, 0) is 0 Å². The average molecular weight is 324 g/mol. The van der Waals surface area contributed by atoms with Crippen LogP contribution in [0.1, 0.15) is 17.9 Å². The second-order valence-corrected chi connectivity index (χ2v) is 5.80. The van der Waals surface area contributed by atoms with Gasteiger partial charge in [-0.05, 0) is 18.6 Å². The summed E-state index contributed by atoms with van der Waals surface area (Å²) < 4.78 is 11.5. The smallest absolute Gasteiger partial charge is 0.143 e. The molecule has 1 aliphatic heterocycles. The zero-order chi connectivity index (χ0) is 14.8. The summed E-state index contributed by atoms with van der Waals surface area (Å²) in [6, 6.07) is 11.3. The number of para-hydroxylation sites is 1. The lowest BCUT2D eigenvalue weighted by molar-refractivity contribution is 0.218. The molecule has 0 fully saturated rings. The van der Waals surface area contributed by atoms with Crippen molar-refractivity contribution in [3.05, 3.63) is 52.0 Å². The maximum atomic E-state index is 6.00. The van der Waals surface area contributed by atoms with E-state index in [0.29, 0.717) is 34.7 Å². The third-order valence-corrected chi connectivity index (χ3v) is 4.30. The highest BCUT2D eigenvalue weighted by atomic mass is 35.5. The van der Waals surface area contributed by atoms with E-state index in [0.717, 1.165) is 12.2 Å². The molecule has 0 saturated heterocycles.